The molecule has 2 amide bonds. The quantitative estimate of drug-likeness (QED) is 0.409. The predicted molar refractivity (Wildman–Crippen MR) is 31.3 cm³/mol. The van der Waals surface area contributed by atoms with Gasteiger partial charge in [-0.15, -0.1) is 12.8 Å². The highest BCUT2D eigenvalue weighted by Crippen LogP contribution is 1.69. The van der Waals surface area contributed by atoms with Crippen LogP contribution in [0.15, 0.2) is 0 Å². The van der Waals surface area contributed by atoms with Crippen LogP contribution in [0.3, 0.4) is 0 Å². The molecule has 3 heteroatoms. The number of nitrogens with one attached hydrogen (secondary N) is 2. The number of carbonyl (C=O) groups excluding carboxylic acids is 1. The Morgan fingerprint density at radius 1 is 1.25 bits per heavy atom. The molecule has 0 bridgehead atoms. The maximum atomic E-state index is 10.0. The zero-order valence-corrected chi connectivity index (χ0v) is 4.48. The van der Waals surface area contributed by atoms with Crippen LogP contribution in [-0.4, -0.2) is 19.1 Å². The molecule has 1 saturated heterocycles. The summed E-state index contributed by atoms with van der Waals surface area (Å²) in [5.74, 6) is 0. The average Bonchev–Trinajstić information content (AvgIpc) is 2.24. The molecular weight excluding hydrogens is 104 g/mol. The fraction of sp³-hybridized carbons (Fsp3) is 0.400. The summed E-state index contributed by atoms with van der Waals surface area (Å²) in [7, 11) is 0. The van der Waals surface area contributed by atoms with E-state index in [4.69, 9.17) is 0 Å². The van der Waals surface area contributed by atoms with Gasteiger partial charge in [0, 0.05) is 13.1 Å². The lowest BCUT2D eigenvalue weighted by Crippen LogP contribution is -2.20. The Morgan fingerprint density at radius 2 is 1.62 bits per heavy atom. The van der Waals surface area contributed by atoms with Crippen LogP contribution in [0.25, 0.3) is 0 Å². The Kier molecular flexibility index (Phi) is 3.42. The Labute approximate surface area is 48.5 Å². The molecular formula is C5H8N2O. The minimum Gasteiger partial charge on any atom is -0.336 e. The van der Waals surface area contributed by atoms with Gasteiger partial charge in [0.1, 0.15) is 0 Å². The van der Waals surface area contributed by atoms with Gasteiger partial charge in [-0.1, -0.05) is 0 Å². The van der Waals surface area contributed by atoms with Crippen LogP contribution in [0.5, 0.6) is 0 Å². The molecule has 1 heterocycles. The van der Waals surface area contributed by atoms with E-state index in [0.717, 1.165) is 13.1 Å². The molecule has 3 nitrogen and oxygen atoms in total. The lowest BCUT2D eigenvalue weighted by Gasteiger charge is -1.80. The largest absolute Gasteiger partial charge is 0.336 e. The maximum Gasteiger partial charge on any atom is 0.314 e. The van der Waals surface area contributed by atoms with E-state index in [-0.39, 0.29) is 6.03 Å². The first kappa shape index (κ1) is 6.83. The first-order valence-corrected chi connectivity index (χ1v) is 2.24. The second-order valence-electron chi connectivity index (χ2n) is 1.18. The van der Waals surface area contributed by atoms with Crippen molar-refractivity contribution >= 4 is 6.03 Å². The van der Waals surface area contributed by atoms with Crippen molar-refractivity contribution in [2.45, 2.75) is 0 Å². The van der Waals surface area contributed by atoms with E-state index in [2.05, 4.69) is 23.5 Å². The van der Waals surface area contributed by atoms with Gasteiger partial charge < -0.3 is 10.6 Å². The maximum absolute atomic E-state index is 10.0. The van der Waals surface area contributed by atoms with Crippen molar-refractivity contribution in [2.24, 2.45) is 0 Å². The summed E-state index contributed by atoms with van der Waals surface area (Å²) in [6.07, 6.45) is 8.00. The van der Waals surface area contributed by atoms with Crippen LogP contribution < -0.4 is 10.6 Å². The van der Waals surface area contributed by atoms with Crippen molar-refractivity contribution in [3.8, 4) is 12.8 Å². The van der Waals surface area contributed by atoms with Gasteiger partial charge in [0.05, 0.1) is 0 Å². The molecule has 0 aromatic rings. The van der Waals surface area contributed by atoms with Crippen molar-refractivity contribution in [3.63, 3.8) is 0 Å². The van der Waals surface area contributed by atoms with E-state index in [9.17, 15) is 4.79 Å². The van der Waals surface area contributed by atoms with E-state index < -0.39 is 0 Å². The lowest BCUT2D eigenvalue weighted by atomic mass is 10.7. The number of carbonyl (C=O) groups is 1. The predicted octanol–water partition coefficient (Wildman–Crippen LogP) is -0.451. The molecule has 0 aliphatic carbocycles. The summed E-state index contributed by atoms with van der Waals surface area (Å²) in [5, 5.41) is 5.14. The highest BCUT2D eigenvalue weighted by molar-refractivity contribution is 5.75. The Balaban J connectivity index is 0.000000222. The van der Waals surface area contributed by atoms with E-state index in [1.807, 2.05) is 0 Å². The first-order chi connectivity index (χ1) is 3.89. The van der Waals surface area contributed by atoms with Gasteiger partial charge in [-0.25, -0.2) is 4.79 Å². The summed E-state index contributed by atoms with van der Waals surface area (Å²) < 4.78 is 0. The van der Waals surface area contributed by atoms with Gasteiger partial charge in [-0.05, 0) is 0 Å². The van der Waals surface area contributed by atoms with E-state index >= 15 is 0 Å². The van der Waals surface area contributed by atoms with Gasteiger partial charge >= 0.3 is 6.03 Å². The molecule has 0 aromatic heterocycles. The van der Waals surface area contributed by atoms with Crippen molar-refractivity contribution in [1.82, 2.24) is 10.6 Å². The van der Waals surface area contributed by atoms with Crippen molar-refractivity contribution < 1.29 is 4.79 Å². The van der Waals surface area contributed by atoms with Crippen LogP contribution in [0.1, 0.15) is 0 Å². The summed E-state index contributed by atoms with van der Waals surface area (Å²) in [4.78, 5) is 10.0. The fourth-order valence-corrected chi connectivity index (χ4v) is 0.415. The lowest BCUT2D eigenvalue weighted by molar-refractivity contribution is 0.248. The summed E-state index contributed by atoms with van der Waals surface area (Å²) in [6, 6.07) is -0.0463. The number of urea groups is 1. The normalized spacial score (nSPS) is 15.0. The number of amides is 2. The molecule has 0 unspecified atom stereocenters. The smallest absolute Gasteiger partial charge is 0.314 e. The molecule has 2 N–H and O–H groups in total. The van der Waals surface area contributed by atoms with Gasteiger partial charge in [0.25, 0.3) is 0 Å². The van der Waals surface area contributed by atoms with Gasteiger partial charge in [0.2, 0.25) is 0 Å². The SMILES string of the molecule is C#C.O=C1NCCN1. The summed E-state index contributed by atoms with van der Waals surface area (Å²) >= 11 is 0. The Bertz CT molecular complexity index is 89.8. The van der Waals surface area contributed by atoms with Crippen LogP contribution >= 0.6 is 0 Å². The van der Waals surface area contributed by atoms with Crippen LogP contribution in [0, 0.1) is 12.8 Å². The second kappa shape index (κ2) is 4.00. The summed E-state index contributed by atoms with van der Waals surface area (Å²) in [6.45, 7) is 1.55. The summed E-state index contributed by atoms with van der Waals surface area (Å²) in [5.41, 5.74) is 0. The molecule has 0 saturated carbocycles. The van der Waals surface area contributed by atoms with Crippen molar-refractivity contribution in [2.75, 3.05) is 13.1 Å². The fourth-order valence-electron chi connectivity index (χ4n) is 0.415. The number of hydrogen-bond donors (Lipinski definition) is 2. The van der Waals surface area contributed by atoms with E-state index in [0.29, 0.717) is 0 Å². The van der Waals surface area contributed by atoms with Crippen LogP contribution in [0.2, 0.25) is 0 Å². The molecule has 0 radical (unpaired) electrons. The number of rotatable bonds is 0. The molecule has 0 aromatic carbocycles. The molecule has 0 spiro atoms. The Hall–Kier alpha value is -1.17. The van der Waals surface area contributed by atoms with Crippen LogP contribution in [0.4, 0.5) is 4.79 Å². The van der Waals surface area contributed by atoms with Crippen molar-refractivity contribution in [1.29, 1.82) is 0 Å². The monoisotopic (exact) mass is 112 g/mol. The average molecular weight is 112 g/mol. The van der Waals surface area contributed by atoms with Gasteiger partial charge in [-0.2, -0.15) is 0 Å². The third-order valence-electron chi connectivity index (χ3n) is 0.696. The number of terminal acetylenes is 1. The molecule has 1 aliphatic heterocycles. The molecule has 1 aliphatic rings. The Morgan fingerprint density at radius 3 is 1.75 bits per heavy atom. The zero-order valence-electron chi connectivity index (χ0n) is 4.48. The van der Waals surface area contributed by atoms with Crippen LogP contribution in [-0.2, 0) is 0 Å². The topological polar surface area (TPSA) is 41.1 Å². The highest BCUT2D eigenvalue weighted by Gasteiger charge is 2.02. The molecule has 8 heavy (non-hydrogen) atoms. The first-order valence-electron chi connectivity index (χ1n) is 2.24. The highest BCUT2D eigenvalue weighted by atomic mass is 16.2. The number of hydrogen-bond acceptors (Lipinski definition) is 1. The molecule has 44 valence electrons. The third-order valence-corrected chi connectivity index (χ3v) is 0.696. The van der Waals surface area contributed by atoms with E-state index in [1.165, 1.54) is 0 Å². The standard InChI is InChI=1S/C3H6N2O.C2H2/c6-3-4-1-2-5-3;1-2/h1-2H2,(H2,4,5,6);1-2H. The van der Waals surface area contributed by atoms with E-state index in [1.54, 1.807) is 0 Å². The molecule has 0 atom stereocenters. The zero-order chi connectivity index (χ0) is 6.41. The minimum absolute atomic E-state index is 0.0463. The molecule has 1 rings (SSSR count). The third kappa shape index (κ3) is 2.08. The second-order valence-corrected chi connectivity index (χ2v) is 1.18. The van der Waals surface area contributed by atoms with Gasteiger partial charge in [0.15, 0.2) is 0 Å². The molecule has 1 fully saturated rings. The minimum atomic E-state index is -0.0463. The van der Waals surface area contributed by atoms with Gasteiger partial charge in [-0.3, -0.25) is 0 Å². The van der Waals surface area contributed by atoms with Crippen molar-refractivity contribution in [3.05, 3.63) is 0 Å².